The van der Waals surface area contributed by atoms with Crippen molar-refractivity contribution in [3.63, 3.8) is 0 Å². The van der Waals surface area contributed by atoms with Crippen molar-refractivity contribution in [3.05, 3.63) is 75.8 Å². The zero-order valence-corrected chi connectivity index (χ0v) is 25.1. The Morgan fingerprint density at radius 1 is 1.09 bits per heavy atom. The minimum atomic E-state index is -2.75. The van der Waals surface area contributed by atoms with E-state index in [9.17, 15) is 13.6 Å². The van der Waals surface area contributed by atoms with Crippen LogP contribution in [0.5, 0.6) is 5.88 Å². The highest BCUT2D eigenvalue weighted by Gasteiger charge is 2.47. The molecule has 11 heteroatoms. The number of carbonyl (C=O) groups is 1. The summed E-state index contributed by atoms with van der Waals surface area (Å²) < 4.78 is 41.0. The summed E-state index contributed by atoms with van der Waals surface area (Å²) >= 11 is 6.29. The lowest BCUT2D eigenvalue weighted by Gasteiger charge is -2.34. The first kappa shape index (κ1) is 29.1. The smallest absolute Gasteiger partial charge is 0.255 e. The Bertz CT molecular complexity index is 1840. The number of H-pyrrole nitrogens is 1. The molecule has 5 aromatic rings. The molecule has 0 atom stereocenters. The number of aromatic nitrogens is 4. The Hall–Kier alpha value is -4.02. The van der Waals surface area contributed by atoms with Crippen molar-refractivity contribution >= 4 is 39.4 Å². The van der Waals surface area contributed by atoms with Gasteiger partial charge in [-0.2, -0.15) is 9.97 Å². The number of carbonyl (C=O) groups excluding carboxylic acids is 1. The Balaban J connectivity index is 1.29. The Labute approximate surface area is 252 Å². The second-order valence-corrected chi connectivity index (χ2v) is 11.5. The molecule has 1 amide bonds. The van der Waals surface area contributed by atoms with Crippen LogP contribution in [0.2, 0.25) is 5.28 Å². The number of nitrogens with zero attached hydrogens (tertiary/aromatic N) is 3. The third-order valence-corrected chi connectivity index (χ3v) is 8.42. The standard InChI is InChI=1S/C32H32ClF2N5O3/c1-17-5-10-25-26(18(17)2)19(3)24(37-25)11-12-42-16-40-15-23(20-6-8-21(9-7-20)29(41)36-4)27-28(40)38-31(33)39-30(27)43-22-13-32(34,35)14-22/h5-10,15,22,37H,11-14,16H2,1-4H3,(H,36,41). The molecule has 1 fully saturated rings. The molecule has 3 heterocycles. The largest absolute Gasteiger partial charge is 0.473 e. The number of ether oxygens (including phenoxy) is 2. The highest BCUT2D eigenvalue weighted by molar-refractivity contribution is 6.28. The molecular formula is C32H32ClF2N5O3. The normalized spacial score (nSPS) is 14.8. The molecule has 0 bridgehead atoms. The lowest BCUT2D eigenvalue weighted by atomic mass is 9.91. The SMILES string of the molecule is CNC(=O)c1ccc(-c2cn(COCCc3[nH]c4ccc(C)c(C)c4c3C)c3nc(Cl)nc(OC4CC(F)(F)C4)c23)cc1. The molecule has 1 aliphatic carbocycles. The highest BCUT2D eigenvalue weighted by atomic mass is 35.5. The van der Waals surface area contributed by atoms with Gasteiger partial charge in [0, 0.05) is 60.2 Å². The van der Waals surface area contributed by atoms with Gasteiger partial charge in [-0.05, 0) is 72.8 Å². The number of amides is 1. The van der Waals surface area contributed by atoms with Crippen LogP contribution in [0, 0.1) is 20.8 Å². The maximum absolute atomic E-state index is 13.6. The van der Waals surface area contributed by atoms with Gasteiger partial charge in [-0.1, -0.05) is 18.2 Å². The van der Waals surface area contributed by atoms with Crippen molar-refractivity contribution in [2.75, 3.05) is 13.7 Å². The van der Waals surface area contributed by atoms with Crippen LogP contribution >= 0.6 is 11.6 Å². The first-order chi connectivity index (χ1) is 20.5. The van der Waals surface area contributed by atoms with Gasteiger partial charge in [-0.3, -0.25) is 4.79 Å². The van der Waals surface area contributed by atoms with E-state index in [1.807, 2.05) is 18.3 Å². The highest BCUT2D eigenvalue weighted by Crippen LogP contribution is 2.42. The van der Waals surface area contributed by atoms with E-state index < -0.39 is 12.0 Å². The summed E-state index contributed by atoms with van der Waals surface area (Å²) in [5, 5.41) is 4.33. The van der Waals surface area contributed by atoms with Gasteiger partial charge in [-0.25, -0.2) is 8.78 Å². The Morgan fingerprint density at radius 2 is 1.84 bits per heavy atom. The first-order valence-corrected chi connectivity index (χ1v) is 14.5. The number of nitrogens with one attached hydrogen (secondary N) is 2. The number of hydrogen-bond donors (Lipinski definition) is 2. The van der Waals surface area contributed by atoms with Crippen LogP contribution in [-0.4, -0.2) is 51.1 Å². The molecular weight excluding hydrogens is 576 g/mol. The second-order valence-electron chi connectivity index (χ2n) is 11.1. The van der Waals surface area contributed by atoms with Gasteiger partial charge in [0.2, 0.25) is 11.2 Å². The average molecular weight is 608 g/mol. The lowest BCUT2D eigenvalue weighted by molar-refractivity contribution is -0.135. The zero-order chi connectivity index (χ0) is 30.5. The lowest BCUT2D eigenvalue weighted by Crippen LogP contribution is -2.43. The van der Waals surface area contributed by atoms with Crippen molar-refractivity contribution in [2.45, 2.75) is 58.8 Å². The molecule has 2 aromatic carbocycles. The monoisotopic (exact) mass is 607 g/mol. The molecule has 0 radical (unpaired) electrons. The summed E-state index contributed by atoms with van der Waals surface area (Å²) in [5.74, 6) is -2.82. The first-order valence-electron chi connectivity index (χ1n) is 14.1. The van der Waals surface area contributed by atoms with E-state index in [2.05, 4.69) is 53.2 Å². The maximum Gasteiger partial charge on any atom is 0.255 e. The fraction of sp³-hybridized carbons (Fsp3) is 0.344. The van der Waals surface area contributed by atoms with E-state index in [1.54, 1.807) is 23.7 Å². The van der Waals surface area contributed by atoms with E-state index in [-0.39, 0.29) is 36.6 Å². The Kier molecular flexibility index (Phi) is 7.60. The predicted octanol–water partition coefficient (Wildman–Crippen LogP) is 6.91. The van der Waals surface area contributed by atoms with Crippen molar-refractivity contribution in [1.82, 2.24) is 24.8 Å². The summed E-state index contributed by atoms with van der Waals surface area (Å²) in [5.41, 5.74) is 8.42. The average Bonchev–Trinajstić information content (AvgIpc) is 3.49. The minimum Gasteiger partial charge on any atom is -0.473 e. The number of hydrogen-bond acceptors (Lipinski definition) is 5. The van der Waals surface area contributed by atoms with Crippen molar-refractivity contribution in [2.24, 2.45) is 0 Å². The van der Waals surface area contributed by atoms with Gasteiger partial charge in [-0.15, -0.1) is 0 Å². The number of alkyl halides is 2. The van der Waals surface area contributed by atoms with E-state index >= 15 is 0 Å². The van der Waals surface area contributed by atoms with E-state index in [1.165, 1.54) is 22.1 Å². The van der Waals surface area contributed by atoms with Gasteiger partial charge in [0.25, 0.3) is 11.8 Å². The van der Waals surface area contributed by atoms with Crippen LogP contribution in [0.15, 0.2) is 42.6 Å². The van der Waals surface area contributed by atoms with Crippen LogP contribution in [0.25, 0.3) is 33.1 Å². The van der Waals surface area contributed by atoms with Crippen molar-refractivity contribution in [3.8, 4) is 17.0 Å². The molecule has 43 heavy (non-hydrogen) atoms. The van der Waals surface area contributed by atoms with Crippen LogP contribution in [0.4, 0.5) is 8.78 Å². The van der Waals surface area contributed by atoms with Crippen molar-refractivity contribution < 1.29 is 23.0 Å². The summed E-state index contributed by atoms with van der Waals surface area (Å²) in [7, 11) is 1.57. The number of benzene rings is 2. The van der Waals surface area contributed by atoms with Gasteiger partial charge in [0.15, 0.2) is 5.65 Å². The minimum absolute atomic E-state index is 0.0613. The van der Waals surface area contributed by atoms with Crippen LogP contribution in [-0.2, 0) is 17.9 Å². The molecule has 2 N–H and O–H groups in total. The molecule has 0 aliphatic heterocycles. The number of aromatic amines is 1. The second kappa shape index (κ2) is 11.2. The molecule has 8 nitrogen and oxygen atoms in total. The topological polar surface area (TPSA) is 94.1 Å². The van der Waals surface area contributed by atoms with E-state index in [0.717, 1.165) is 16.8 Å². The number of rotatable bonds is 9. The fourth-order valence-corrected chi connectivity index (χ4v) is 5.88. The molecule has 0 spiro atoms. The zero-order valence-electron chi connectivity index (χ0n) is 24.4. The molecule has 1 saturated carbocycles. The summed E-state index contributed by atoms with van der Waals surface area (Å²) in [6, 6.07) is 11.3. The molecule has 3 aromatic heterocycles. The van der Waals surface area contributed by atoms with Gasteiger partial charge in [0.05, 0.1) is 12.0 Å². The molecule has 0 unspecified atom stereocenters. The third-order valence-electron chi connectivity index (χ3n) is 8.25. The number of aryl methyl sites for hydroxylation is 3. The van der Waals surface area contributed by atoms with E-state index in [0.29, 0.717) is 35.2 Å². The predicted molar refractivity (Wildman–Crippen MR) is 162 cm³/mol. The molecule has 224 valence electrons. The maximum atomic E-state index is 13.6. The Morgan fingerprint density at radius 3 is 2.53 bits per heavy atom. The molecule has 0 saturated heterocycles. The van der Waals surface area contributed by atoms with Gasteiger partial charge in [0.1, 0.15) is 12.8 Å². The van der Waals surface area contributed by atoms with Crippen LogP contribution in [0.1, 0.15) is 45.6 Å². The summed E-state index contributed by atoms with van der Waals surface area (Å²) in [6.45, 7) is 6.99. The third kappa shape index (κ3) is 5.57. The molecule has 6 rings (SSSR count). The molecule has 1 aliphatic rings. The van der Waals surface area contributed by atoms with E-state index in [4.69, 9.17) is 21.1 Å². The van der Waals surface area contributed by atoms with Gasteiger partial charge < -0.3 is 24.3 Å². The number of fused-ring (bicyclic) bond motifs is 2. The summed E-state index contributed by atoms with van der Waals surface area (Å²) in [6.07, 6.45) is 1.09. The van der Waals surface area contributed by atoms with Crippen LogP contribution in [0.3, 0.4) is 0 Å². The quantitative estimate of drug-likeness (QED) is 0.140. The summed E-state index contributed by atoms with van der Waals surface area (Å²) in [4.78, 5) is 24.3. The van der Waals surface area contributed by atoms with Crippen LogP contribution < -0.4 is 10.1 Å². The number of halogens is 3. The fourth-order valence-electron chi connectivity index (χ4n) is 5.72. The van der Waals surface area contributed by atoms with Gasteiger partial charge >= 0.3 is 0 Å². The van der Waals surface area contributed by atoms with Crippen molar-refractivity contribution in [1.29, 1.82) is 0 Å².